The molecule has 2 aromatic heterocycles. The molecule has 4 rings (SSSR count). The summed E-state index contributed by atoms with van der Waals surface area (Å²) in [7, 11) is 0. The van der Waals surface area contributed by atoms with Crippen molar-refractivity contribution in [3.8, 4) is 0 Å². The smallest absolute Gasteiger partial charge is 0.144 e. The van der Waals surface area contributed by atoms with Crippen molar-refractivity contribution >= 4 is 49.2 Å². The van der Waals surface area contributed by atoms with E-state index < -0.39 is 0 Å². The number of hydrogen-bond donors (Lipinski definition) is 1. The molecule has 5 nitrogen and oxygen atoms in total. The summed E-state index contributed by atoms with van der Waals surface area (Å²) in [6, 6.07) is 10.6. The zero-order valence-corrected chi connectivity index (χ0v) is 13.2. The second-order valence-corrected chi connectivity index (χ2v) is 5.85. The Morgan fingerprint density at radius 2 is 1.91 bits per heavy atom. The van der Waals surface area contributed by atoms with E-state index in [4.69, 9.17) is 0 Å². The lowest BCUT2D eigenvalue weighted by Gasteiger charge is -2.10. The molecule has 1 N–H and O–H groups in total. The summed E-state index contributed by atoms with van der Waals surface area (Å²) < 4.78 is 14.9. The van der Waals surface area contributed by atoms with E-state index in [-0.39, 0.29) is 5.82 Å². The van der Waals surface area contributed by atoms with Crippen LogP contribution in [0.3, 0.4) is 0 Å². The molecule has 0 fully saturated rings. The summed E-state index contributed by atoms with van der Waals surface area (Å²) in [6.45, 7) is 0. The Balaban J connectivity index is 1.82. The molecular weight excluding hydrogens is 361 g/mol. The molecule has 0 aliphatic carbocycles. The van der Waals surface area contributed by atoms with Crippen molar-refractivity contribution in [1.82, 2.24) is 20.2 Å². The molecule has 2 heterocycles. The average Bonchev–Trinajstić information content (AvgIpc) is 2.54. The van der Waals surface area contributed by atoms with E-state index in [9.17, 15) is 4.39 Å². The highest BCUT2D eigenvalue weighted by molar-refractivity contribution is 9.10. The number of benzene rings is 2. The van der Waals surface area contributed by atoms with Crippen molar-refractivity contribution in [3.05, 3.63) is 59.2 Å². The number of fused-ring (bicyclic) bond motifs is 2. The quantitative estimate of drug-likeness (QED) is 0.573. The lowest BCUT2D eigenvalue weighted by atomic mass is 10.2. The first-order valence-corrected chi connectivity index (χ1v) is 7.58. The molecule has 0 bridgehead atoms. The van der Waals surface area contributed by atoms with E-state index >= 15 is 0 Å². The number of nitrogens with zero attached hydrogens (tertiary/aromatic N) is 4. The molecule has 0 spiro atoms. The van der Waals surface area contributed by atoms with Crippen molar-refractivity contribution in [1.29, 1.82) is 0 Å². The third-order valence-corrected chi connectivity index (χ3v) is 3.89. The highest BCUT2D eigenvalue weighted by Crippen LogP contribution is 2.29. The van der Waals surface area contributed by atoms with Gasteiger partial charge < -0.3 is 5.32 Å². The minimum Gasteiger partial charge on any atom is -0.340 e. The van der Waals surface area contributed by atoms with Gasteiger partial charge in [0.25, 0.3) is 0 Å². The van der Waals surface area contributed by atoms with Gasteiger partial charge >= 0.3 is 0 Å². The fourth-order valence-electron chi connectivity index (χ4n) is 2.41. The molecule has 7 heteroatoms. The molecule has 112 valence electrons. The third-order valence-electron chi connectivity index (χ3n) is 3.43. The van der Waals surface area contributed by atoms with Crippen molar-refractivity contribution in [3.63, 3.8) is 0 Å². The zero-order chi connectivity index (χ0) is 15.8. The van der Waals surface area contributed by atoms with Crippen LogP contribution in [0.25, 0.3) is 21.8 Å². The standard InChI is InChI=1S/C16H9BrFN5/c17-10-6-12(18)15-14(7-10)19-8-20-16(15)22-11-1-2-13-9(5-11)3-4-21-23-13/h1-8H,(H,19,20,22). The number of halogens is 2. The fraction of sp³-hybridized carbons (Fsp3) is 0. The van der Waals surface area contributed by atoms with Gasteiger partial charge in [0.05, 0.1) is 22.6 Å². The SMILES string of the molecule is Fc1cc(Br)cc2ncnc(Nc3ccc4nnccc4c3)c12. The van der Waals surface area contributed by atoms with E-state index in [2.05, 4.69) is 41.4 Å². The van der Waals surface area contributed by atoms with Gasteiger partial charge in [-0.25, -0.2) is 14.4 Å². The van der Waals surface area contributed by atoms with Crippen LogP contribution < -0.4 is 5.32 Å². The number of aromatic nitrogens is 4. The van der Waals surface area contributed by atoms with Crippen LogP contribution in [0.15, 0.2) is 53.4 Å². The summed E-state index contributed by atoms with van der Waals surface area (Å²) in [5.74, 6) is 0.0329. The molecular formula is C16H9BrFN5. The van der Waals surface area contributed by atoms with E-state index in [1.807, 2.05) is 24.3 Å². The van der Waals surface area contributed by atoms with Crippen LogP contribution in [0, 0.1) is 5.82 Å². The van der Waals surface area contributed by atoms with Crippen molar-refractivity contribution in [2.24, 2.45) is 0 Å². The normalized spacial score (nSPS) is 11.0. The summed E-state index contributed by atoms with van der Waals surface area (Å²) in [5, 5.41) is 12.3. The van der Waals surface area contributed by atoms with Crippen LogP contribution in [0.4, 0.5) is 15.9 Å². The maximum Gasteiger partial charge on any atom is 0.144 e. The Morgan fingerprint density at radius 3 is 2.83 bits per heavy atom. The second kappa shape index (κ2) is 5.51. The molecule has 0 aliphatic rings. The maximum absolute atomic E-state index is 14.3. The van der Waals surface area contributed by atoms with E-state index in [0.717, 1.165) is 16.6 Å². The molecule has 4 aromatic rings. The van der Waals surface area contributed by atoms with Crippen LogP contribution in [-0.2, 0) is 0 Å². The molecule has 0 saturated heterocycles. The number of hydrogen-bond acceptors (Lipinski definition) is 5. The van der Waals surface area contributed by atoms with Gasteiger partial charge in [-0.15, -0.1) is 0 Å². The molecule has 0 atom stereocenters. The molecule has 0 aliphatic heterocycles. The lowest BCUT2D eigenvalue weighted by Crippen LogP contribution is -1.98. The predicted molar refractivity (Wildman–Crippen MR) is 90.0 cm³/mol. The molecule has 0 amide bonds. The zero-order valence-electron chi connectivity index (χ0n) is 11.7. The molecule has 0 unspecified atom stereocenters. The predicted octanol–water partition coefficient (Wildman–Crippen LogP) is 4.22. The first-order valence-electron chi connectivity index (χ1n) is 6.79. The Hall–Kier alpha value is -2.67. The van der Waals surface area contributed by atoms with E-state index in [1.165, 1.54) is 12.4 Å². The second-order valence-electron chi connectivity index (χ2n) is 4.93. The van der Waals surface area contributed by atoms with Crippen LogP contribution in [0.2, 0.25) is 0 Å². The van der Waals surface area contributed by atoms with E-state index in [0.29, 0.717) is 21.2 Å². The van der Waals surface area contributed by atoms with Crippen molar-refractivity contribution in [2.45, 2.75) is 0 Å². The lowest BCUT2D eigenvalue weighted by molar-refractivity contribution is 0.638. The van der Waals surface area contributed by atoms with Crippen LogP contribution in [0.1, 0.15) is 0 Å². The molecule has 0 radical (unpaired) electrons. The van der Waals surface area contributed by atoms with Crippen LogP contribution in [-0.4, -0.2) is 20.2 Å². The Morgan fingerprint density at radius 1 is 1.00 bits per heavy atom. The van der Waals surface area contributed by atoms with Gasteiger partial charge in [0.1, 0.15) is 18.0 Å². The topological polar surface area (TPSA) is 63.6 Å². The third kappa shape index (κ3) is 2.59. The summed E-state index contributed by atoms with van der Waals surface area (Å²) in [4.78, 5) is 8.28. The van der Waals surface area contributed by atoms with Gasteiger partial charge in [0.15, 0.2) is 0 Å². The van der Waals surface area contributed by atoms with Crippen LogP contribution >= 0.6 is 15.9 Å². The largest absolute Gasteiger partial charge is 0.340 e. The highest BCUT2D eigenvalue weighted by Gasteiger charge is 2.11. The fourth-order valence-corrected chi connectivity index (χ4v) is 2.82. The summed E-state index contributed by atoms with van der Waals surface area (Å²) in [6.07, 6.45) is 3.03. The Bertz CT molecular complexity index is 1040. The average molecular weight is 370 g/mol. The summed E-state index contributed by atoms with van der Waals surface area (Å²) in [5.41, 5.74) is 2.11. The first-order chi connectivity index (χ1) is 11.2. The molecule has 23 heavy (non-hydrogen) atoms. The van der Waals surface area contributed by atoms with Gasteiger partial charge in [-0.2, -0.15) is 10.2 Å². The number of nitrogens with one attached hydrogen (secondary N) is 1. The van der Waals surface area contributed by atoms with Crippen LogP contribution in [0.5, 0.6) is 0 Å². The van der Waals surface area contributed by atoms with Gasteiger partial charge in [0, 0.05) is 15.5 Å². The first kappa shape index (κ1) is 14.0. The van der Waals surface area contributed by atoms with Gasteiger partial charge in [-0.05, 0) is 36.4 Å². The Kier molecular flexibility index (Phi) is 3.34. The van der Waals surface area contributed by atoms with Crippen molar-refractivity contribution < 1.29 is 4.39 Å². The van der Waals surface area contributed by atoms with Gasteiger partial charge in [-0.1, -0.05) is 15.9 Å². The van der Waals surface area contributed by atoms with Crippen molar-refractivity contribution in [2.75, 3.05) is 5.32 Å². The van der Waals surface area contributed by atoms with Gasteiger partial charge in [-0.3, -0.25) is 0 Å². The maximum atomic E-state index is 14.3. The number of rotatable bonds is 2. The summed E-state index contributed by atoms with van der Waals surface area (Å²) >= 11 is 3.27. The Labute approximate surface area is 138 Å². The molecule has 2 aromatic carbocycles. The molecule has 0 saturated carbocycles. The minimum atomic E-state index is -0.385. The van der Waals surface area contributed by atoms with Gasteiger partial charge in [0.2, 0.25) is 0 Å². The minimum absolute atomic E-state index is 0.351. The highest BCUT2D eigenvalue weighted by atomic mass is 79.9. The number of anilines is 2. The van der Waals surface area contributed by atoms with E-state index in [1.54, 1.807) is 12.3 Å². The monoisotopic (exact) mass is 369 g/mol.